The van der Waals surface area contributed by atoms with Crippen LogP contribution in [0.25, 0.3) is 10.9 Å². The summed E-state index contributed by atoms with van der Waals surface area (Å²) < 4.78 is 13.5. The molecule has 0 spiro atoms. The fourth-order valence-corrected chi connectivity index (χ4v) is 1.45. The first-order valence-corrected chi connectivity index (χ1v) is 4.54. The van der Waals surface area contributed by atoms with E-state index in [-0.39, 0.29) is 5.82 Å². The van der Waals surface area contributed by atoms with Crippen LogP contribution in [0, 0.1) is 12.7 Å². The first kappa shape index (κ1) is 8.56. The summed E-state index contributed by atoms with van der Waals surface area (Å²) >= 11 is 3.11. The van der Waals surface area contributed by atoms with Gasteiger partial charge in [-0.3, -0.25) is 0 Å². The molecule has 0 saturated heterocycles. The van der Waals surface area contributed by atoms with Gasteiger partial charge in [0.15, 0.2) is 0 Å². The molecule has 13 heavy (non-hydrogen) atoms. The van der Waals surface area contributed by atoms with Crippen molar-refractivity contribution in [3.63, 3.8) is 0 Å². The Bertz CT molecular complexity index is 470. The maximum atomic E-state index is 13.0. The minimum absolute atomic E-state index is 0.292. The number of aryl methyl sites for hydroxylation is 1. The van der Waals surface area contributed by atoms with E-state index in [1.165, 1.54) is 6.07 Å². The number of hydrogen-bond donors (Lipinski definition) is 0. The highest BCUT2D eigenvalue weighted by Crippen LogP contribution is 2.21. The maximum Gasteiger partial charge on any atom is 0.138 e. The van der Waals surface area contributed by atoms with Crippen LogP contribution >= 0.6 is 15.9 Å². The average Bonchev–Trinajstić information content (AvgIpc) is 2.08. The van der Waals surface area contributed by atoms with Crippen molar-refractivity contribution in [1.29, 1.82) is 0 Å². The van der Waals surface area contributed by atoms with Crippen molar-refractivity contribution in [3.05, 3.63) is 34.4 Å². The van der Waals surface area contributed by atoms with Crippen molar-refractivity contribution >= 4 is 26.8 Å². The molecule has 0 unspecified atom stereocenters. The van der Waals surface area contributed by atoms with E-state index < -0.39 is 0 Å². The minimum atomic E-state index is -0.292. The molecule has 0 atom stereocenters. The Kier molecular flexibility index (Phi) is 2.00. The molecular formula is C9H6BrFN2. The van der Waals surface area contributed by atoms with Crippen LogP contribution in [0.4, 0.5) is 4.39 Å². The first-order chi connectivity index (χ1) is 6.16. The van der Waals surface area contributed by atoms with Crippen LogP contribution in [0.15, 0.2) is 22.8 Å². The van der Waals surface area contributed by atoms with E-state index in [1.807, 2.05) is 0 Å². The van der Waals surface area contributed by atoms with E-state index in [1.54, 1.807) is 19.2 Å². The van der Waals surface area contributed by atoms with Gasteiger partial charge in [-0.2, -0.15) is 0 Å². The zero-order valence-corrected chi connectivity index (χ0v) is 8.47. The van der Waals surface area contributed by atoms with Crippen LogP contribution in [-0.4, -0.2) is 9.97 Å². The summed E-state index contributed by atoms with van der Waals surface area (Å²) in [5, 5.41) is 0.714. The molecule has 2 nitrogen and oxygen atoms in total. The lowest BCUT2D eigenvalue weighted by molar-refractivity contribution is 0.623. The summed E-state index contributed by atoms with van der Waals surface area (Å²) in [5.74, 6) is 0.394. The van der Waals surface area contributed by atoms with Crippen molar-refractivity contribution in [2.75, 3.05) is 0 Å². The molecule has 1 aromatic heterocycles. The van der Waals surface area contributed by atoms with Gasteiger partial charge in [0.25, 0.3) is 0 Å². The molecule has 0 saturated carbocycles. The summed E-state index contributed by atoms with van der Waals surface area (Å²) in [5.41, 5.74) is 0.751. The Morgan fingerprint density at radius 3 is 2.92 bits per heavy atom. The van der Waals surface area contributed by atoms with Gasteiger partial charge in [-0.1, -0.05) is 0 Å². The lowest BCUT2D eigenvalue weighted by atomic mass is 10.2. The van der Waals surface area contributed by atoms with Crippen molar-refractivity contribution < 1.29 is 4.39 Å². The molecule has 66 valence electrons. The molecule has 0 bridgehead atoms. The summed E-state index contributed by atoms with van der Waals surface area (Å²) in [6.45, 7) is 1.80. The Labute approximate surface area is 83.0 Å². The number of nitrogens with zero attached hydrogens (tertiary/aromatic N) is 2. The van der Waals surface area contributed by atoms with Gasteiger partial charge in [-0.25, -0.2) is 14.4 Å². The summed E-state index contributed by atoms with van der Waals surface area (Å²) in [4.78, 5) is 8.15. The van der Waals surface area contributed by atoms with Gasteiger partial charge in [-0.05, 0) is 35.0 Å². The van der Waals surface area contributed by atoms with Gasteiger partial charge in [0.2, 0.25) is 0 Å². The quantitative estimate of drug-likeness (QED) is 0.708. The molecule has 0 aliphatic rings. The number of benzene rings is 1. The highest BCUT2D eigenvalue weighted by Gasteiger charge is 2.02. The molecule has 0 amide bonds. The molecule has 0 N–H and O–H groups in total. The number of hydrogen-bond acceptors (Lipinski definition) is 2. The lowest BCUT2D eigenvalue weighted by Gasteiger charge is -1.99. The van der Waals surface area contributed by atoms with E-state index in [0.29, 0.717) is 15.7 Å². The molecule has 1 heterocycles. The average molecular weight is 241 g/mol. The zero-order valence-electron chi connectivity index (χ0n) is 6.88. The number of fused-ring (bicyclic) bond motifs is 1. The van der Waals surface area contributed by atoms with Gasteiger partial charge in [-0.15, -0.1) is 0 Å². The first-order valence-electron chi connectivity index (χ1n) is 3.75. The second-order valence-corrected chi connectivity index (χ2v) is 3.60. The fourth-order valence-electron chi connectivity index (χ4n) is 1.12. The predicted molar refractivity (Wildman–Crippen MR) is 51.9 cm³/mol. The molecule has 0 aliphatic heterocycles. The molecule has 2 rings (SSSR count). The Morgan fingerprint density at radius 1 is 1.38 bits per heavy atom. The smallest absolute Gasteiger partial charge is 0.138 e. The predicted octanol–water partition coefficient (Wildman–Crippen LogP) is 2.84. The third kappa shape index (κ3) is 1.54. The highest BCUT2D eigenvalue weighted by molar-refractivity contribution is 9.10. The monoisotopic (exact) mass is 240 g/mol. The fraction of sp³-hybridized carbons (Fsp3) is 0.111. The van der Waals surface area contributed by atoms with E-state index in [0.717, 1.165) is 5.52 Å². The van der Waals surface area contributed by atoms with Crippen LogP contribution in [0.2, 0.25) is 0 Å². The van der Waals surface area contributed by atoms with E-state index in [9.17, 15) is 4.39 Å². The van der Waals surface area contributed by atoms with Gasteiger partial charge in [0.05, 0.1) is 9.99 Å². The molecule has 0 radical (unpaired) electrons. The van der Waals surface area contributed by atoms with Crippen LogP contribution in [0.1, 0.15) is 5.82 Å². The van der Waals surface area contributed by atoms with Crippen LogP contribution in [0.5, 0.6) is 0 Å². The molecule has 0 fully saturated rings. The maximum absolute atomic E-state index is 13.0. The highest BCUT2D eigenvalue weighted by atomic mass is 79.9. The van der Waals surface area contributed by atoms with E-state index in [4.69, 9.17) is 0 Å². The van der Waals surface area contributed by atoms with Crippen LogP contribution < -0.4 is 0 Å². The molecule has 0 aliphatic carbocycles. The van der Waals surface area contributed by atoms with E-state index in [2.05, 4.69) is 25.9 Å². The third-order valence-electron chi connectivity index (χ3n) is 1.74. The Hall–Kier alpha value is -1.03. The molecule has 1 aromatic carbocycles. The number of aromatic nitrogens is 2. The van der Waals surface area contributed by atoms with Crippen molar-refractivity contribution in [1.82, 2.24) is 9.97 Å². The topological polar surface area (TPSA) is 25.8 Å². The second kappa shape index (κ2) is 3.03. The van der Waals surface area contributed by atoms with Crippen LogP contribution in [0.3, 0.4) is 0 Å². The van der Waals surface area contributed by atoms with Crippen molar-refractivity contribution in [3.8, 4) is 0 Å². The zero-order chi connectivity index (χ0) is 9.42. The normalized spacial score (nSPS) is 10.7. The van der Waals surface area contributed by atoms with Crippen molar-refractivity contribution in [2.45, 2.75) is 6.92 Å². The Balaban J connectivity index is 2.81. The van der Waals surface area contributed by atoms with Crippen LogP contribution in [-0.2, 0) is 0 Å². The SMILES string of the molecule is Cc1ncc2cc(F)c(Br)cc2n1. The molecule has 4 heteroatoms. The van der Waals surface area contributed by atoms with Crippen molar-refractivity contribution in [2.24, 2.45) is 0 Å². The molecular weight excluding hydrogens is 235 g/mol. The van der Waals surface area contributed by atoms with Gasteiger partial charge in [0.1, 0.15) is 11.6 Å². The second-order valence-electron chi connectivity index (χ2n) is 2.74. The number of halogens is 2. The summed E-state index contributed by atoms with van der Waals surface area (Å²) in [6, 6.07) is 3.07. The largest absolute Gasteiger partial charge is 0.241 e. The third-order valence-corrected chi connectivity index (χ3v) is 2.35. The minimum Gasteiger partial charge on any atom is -0.241 e. The number of rotatable bonds is 0. The molecule has 2 aromatic rings. The van der Waals surface area contributed by atoms with E-state index >= 15 is 0 Å². The Morgan fingerprint density at radius 2 is 2.15 bits per heavy atom. The standard InChI is InChI=1S/C9H6BrFN2/c1-5-12-4-6-2-8(11)7(10)3-9(6)13-5/h2-4H,1H3. The summed E-state index contributed by atoms with van der Waals surface area (Å²) in [7, 11) is 0. The van der Waals surface area contributed by atoms with Gasteiger partial charge in [0, 0.05) is 11.6 Å². The van der Waals surface area contributed by atoms with Gasteiger partial charge >= 0.3 is 0 Å². The van der Waals surface area contributed by atoms with Gasteiger partial charge < -0.3 is 0 Å². The lowest BCUT2D eigenvalue weighted by Crippen LogP contribution is -1.89. The summed E-state index contributed by atoms with van der Waals surface area (Å²) in [6.07, 6.45) is 1.62.